The van der Waals surface area contributed by atoms with E-state index in [9.17, 15) is 44.3 Å². The summed E-state index contributed by atoms with van der Waals surface area (Å²) in [5.74, 6) is -5.08. The third-order valence-electron chi connectivity index (χ3n) is 5.05. The van der Waals surface area contributed by atoms with Crippen LogP contribution >= 0.6 is 50.9 Å². The van der Waals surface area contributed by atoms with Crippen molar-refractivity contribution in [2.75, 3.05) is 11.5 Å². The summed E-state index contributed by atoms with van der Waals surface area (Å²) in [5, 5.41) is -0.171. The van der Waals surface area contributed by atoms with Gasteiger partial charge in [0.15, 0.2) is 5.78 Å². The summed E-state index contributed by atoms with van der Waals surface area (Å²) < 4.78 is 119. The first-order chi connectivity index (χ1) is 17.3. The van der Waals surface area contributed by atoms with Crippen LogP contribution in [0.4, 0.5) is 39.5 Å². The van der Waals surface area contributed by atoms with Gasteiger partial charge < -0.3 is 0 Å². The Hall–Kier alpha value is -1.37. The van der Waals surface area contributed by atoms with Gasteiger partial charge in [-0.25, -0.2) is 0 Å². The molecule has 0 spiro atoms. The highest BCUT2D eigenvalue weighted by molar-refractivity contribution is 9.10. The molecule has 210 valence electrons. The maximum absolute atomic E-state index is 13.8. The van der Waals surface area contributed by atoms with E-state index >= 15 is 0 Å². The predicted octanol–water partition coefficient (Wildman–Crippen LogP) is 10.6. The van der Waals surface area contributed by atoms with E-state index in [0.29, 0.717) is 23.9 Å². The summed E-state index contributed by atoms with van der Waals surface area (Å²) in [4.78, 5) is 12.5. The topological polar surface area (TPSA) is 17.1 Å². The third kappa shape index (κ3) is 9.67. The molecule has 0 aliphatic heterocycles. The molecule has 2 rings (SSSR count). The fourth-order valence-electron chi connectivity index (χ4n) is 3.38. The van der Waals surface area contributed by atoms with Crippen molar-refractivity contribution < 1.29 is 44.3 Å². The molecule has 0 heterocycles. The summed E-state index contributed by atoms with van der Waals surface area (Å²) in [7, 11) is 0. The van der Waals surface area contributed by atoms with Crippen molar-refractivity contribution in [2.24, 2.45) is 5.92 Å². The molecular formula is C24H18BrCl2F9OS. The lowest BCUT2D eigenvalue weighted by atomic mass is 9.93. The Morgan fingerprint density at radius 3 is 2.18 bits per heavy atom. The molecule has 0 aliphatic rings. The molecule has 0 aliphatic carbocycles. The van der Waals surface area contributed by atoms with Gasteiger partial charge in [-0.15, -0.1) is 0 Å². The van der Waals surface area contributed by atoms with Crippen molar-refractivity contribution >= 4 is 62.8 Å². The van der Waals surface area contributed by atoms with E-state index in [-0.39, 0.29) is 31.4 Å². The van der Waals surface area contributed by atoms with E-state index < -0.39 is 59.4 Å². The number of Topliss-reactive ketones (excluding diaryl/α,β-unsaturated/α-hetero) is 1. The number of hydrogen-bond acceptors (Lipinski definition) is 2. The number of halogens is 12. The second kappa shape index (κ2) is 12.9. The van der Waals surface area contributed by atoms with Crippen LogP contribution in [0.5, 0.6) is 0 Å². The van der Waals surface area contributed by atoms with Crippen molar-refractivity contribution in [3.63, 3.8) is 0 Å². The molecule has 1 nitrogen and oxygen atoms in total. The summed E-state index contributed by atoms with van der Waals surface area (Å²) in [5.41, 5.74) is -2.64. The Morgan fingerprint density at radius 2 is 1.66 bits per heavy atom. The molecule has 0 saturated carbocycles. The van der Waals surface area contributed by atoms with E-state index in [1.165, 1.54) is 6.92 Å². The fourth-order valence-corrected chi connectivity index (χ4v) is 5.17. The van der Waals surface area contributed by atoms with Gasteiger partial charge in [-0.05, 0) is 56.9 Å². The number of alkyl halides is 9. The van der Waals surface area contributed by atoms with Crippen LogP contribution < -0.4 is 0 Å². The Bertz CT molecular complexity index is 1150. The summed E-state index contributed by atoms with van der Waals surface area (Å²) in [6.07, 6.45) is -13.2. The molecule has 2 aromatic carbocycles. The van der Waals surface area contributed by atoms with E-state index in [2.05, 4.69) is 15.9 Å². The molecule has 0 bridgehead atoms. The number of carbonyl (C=O) groups is 1. The highest BCUT2D eigenvalue weighted by Crippen LogP contribution is 2.41. The first-order valence-electron chi connectivity index (χ1n) is 10.6. The summed E-state index contributed by atoms with van der Waals surface area (Å²) in [6, 6.07) is 4.53. The van der Waals surface area contributed by atoms with Gasteiger partial charge in [0.2, 0.25) is 0 Å². The van der Waals surface area contributed by atoms with Crippen LogP contribution in [0.2, 0.25) is 10.0 Å². The maximum Gasteiger partial charge on any atom is 0.417 e. The van der Waals surface area contributed by atoms with Crippen molar-refractivity contribution in [1.29, 1.82) is 0 Å². The summed E-state index contributed by atoms with van der Waals surface area (Å²) >= 11 is 15.2. The SMILES string of the molecule is C[C@H](CSCC(F)(F)F)CC(=O)c1ccc(/C=C/C(c2cc(Cl)c(Cl)c(Br)c2)C(F)(F)F)cc1C(F)(F)F. The molecule has 0 N–H and O–H groups in total. The minimum absolute atomic E-state index is 0.0105. The fraction of sp³-hybridized carbons (Fsp3) is 0.375. The average molecular weight is 676 g/mol. The molecule has 1 unspecified atom stereocenters. The van der Waals surface area contributed by atoms with Gasteiger partial charge in [-0.2, -0.15) is 51.3 Å². The Morgan fingerprint density at radius 1 is 1.03 bits per heavy atom. The van der Waals surface area contributed by atoms with Gasteiger partial charge >= 0.3 is 18.5 Å². The lowest BCUT2D eigenvalue weighted by molar-refractivity contribution is -0.139. The van der Waals surface area contributed by atoms with Crippen molar-refractivity contribution in [3.8, 4) is 0 Å². The first-order valence-corrected chi connectivity index (χ1v) is 13.3. The largest absolute Gasteiger partial charge is 0.417 e. The monoisotopic (exact) mass is 674 g/mol. The van der Waals surface area contributed by atoms with Crippen LogP contribution in [0.15, 0.2) is 40.9 Å². The van der Waals surface area contributed by atoms with Crippen molar-refractivity contribution in [1.82, 2.24) is 0 Å². The van der Waals surface area contributed by atoms with Crippen LogP contribution in [0.3, 0.4) is 0 Å². The van der Waals surface area contributed by atoms with Crippen LogP contribution in [0.25, 0.3) is 6.08 Å². The number of hydrogen-bond donors (Lipinski definition) is 0. The molecule has 0 saturated heterocycles. The van der Waals surface area contributed by atoms with E-state index in [1.54, 1.807) is 0 Å². The zero-order chi connectivity index (χ0) is 29.1. The van der Waals surface area contributed by atoms with Crippen LogP contribution in [-0.4, -0.2) is 29.6 Å². The maximum atomic E-state index is 13.8. The van der Waals surface area contributed by atoms with Gasteiger partial charge in [-0.1, -0.05) is 54.4 Å². The number of allylic oxidation sites excluding steroid dienone is 1. The summed E-state index contributed by atoms with van der Waals surface area (Å²) in [6.45, 7) is 1.43. The smallest absolute Gasteiger partial charge is 0.294 e. The van der Waals surface area contributed by atoms with Crippen molar-refractivity contribution in [2.45, 2.75) is 37.8 Å². The number of benzene rings is 2. The quantitative estimate of drug-likeness (QED) is 0.149. The van der Waals surface area contributed by atoms with E-state index in [4.69, 9.17) is 23.2 Å². The number of ketones is 1. The molecule has 14 heteroatoms. The molecule has 0 fully saturated rings. The van der Waals surface area contributed by atoms with Crippen LogP contribution in [0.1, 0.15) is 46.3 Å². The lowest BCUT2D eigenvalue weighted by Gasteiger charge is -2.19. The normalized spacial score (nSPS) is 14.7. The van der Waals surface area contributed by atoms with Gasteiger partial charge in [0.05, 0.1) is 27.3 Å². The first kappa shape index (κ1) is 32.8. The molecule has 0 radical (unpaired) electrons. The van der Waals surface area contributed by atoms with Crippen LogP contribution in [0, 0.1) is 5.92 Å². The number of rotatable bonds is 9. The second-order valence-corrected chi connectivity index (χ2v) is 11.0. The molecule has 2 aromatic rings. The number of carbonyl (C=O) groups excluding carboxylic acids is 1. The molecular weight excluding hydrogens is 658 g/mol. The minimum Gasteiger partial charge on any atom is -0.294 e. The van der Waals surface area contributed by atoms with Crippen molar-refractivity contribution in [3.05, 3.63) is 73.2 Å². The third-order valence-corrected chi connectivity index (χ3v) is 8.04. The lowest BCUT2D eigenvalue weighted by Crippen LogP contribution is -2.19. The number of thioether (sulfide) groups is 1. The molecule has 0 amide bonds. The predicted molar refractivity (Wildman–Crippen MR) is 135 cm³/mol. The Labute approximate surface area is 234 Å². The Balaban J connectivity index is 2.34. The zero-order valence-electron chi connectivity index (χ0n) is 19.2. The highest BCUT2D eigenvalue weighted by atomic mass is 79.9. The Kier molecular flexibility index (Phi) is 11.1. The highest BCUT2D eigenvalue weighted by Gasteiger charge is 2.40. The van der Waals surface area contributed by atoms with E-state index in [0.717, 1.165) is 30.3 Å². The second-order valence-electron chi connectivity index (χ2n) is 8.34. The van der Waals surface area contributed by atoms with Gasteiger partial charge in [0, 0.05) is 16.5 Å². The average Bonchev–Trinajstić information content (AvgIpc) is 2.74. The minimum atomic E-state index is -5.01. The van der Waals surface area contributed by atoms with Gasteiger partial charge in [0.25, 0.3) is 0 Å². The van der Waals surface area contributed by atoms with E-state index in [1.807, 2.05) is 0 Å². The molecule has 38 heavy (non-hydrogen) atoms. The van der Waals surface area contributed by atoms with Gasteiger partial charge in [0.1, 0.15) is 0 Å². The zero-order valence-corrected chi connectivity index (χ0v) is 23.1. The standard InChI is InChI=1S/C24H18BrCl2F9OS/c1-12(10-38-11-22(28,29)30)6-20(37)15-4-2-13(7-17(15)24(34,35)36)3-5-16(23(31,32)33)14-8-18(25)21(27)19(26)9-14/h2-5,7-9,12,16H,6,10-11H2,1H3/b5-3+/t12-,16?/m0/s1. The molecule has 0 aromatic heterocycles. The van der Waals surface area contributed by atoms with Crippen LogP contribution in [-0.2, 0) is 6.18 Å². The van der Waals surface area contributed by atoms with Gasteiger partial charge in [-0.3, -0.25) is 4.79 Å². The molecule has 2 atom stereocenters.